The maximum atomic E-state index is 13.1. The molecule has 0 radical (unpaired) electrons. The normalized spacial score (nSPS) is 11.0. The summed E-state index contributed by atoms with van der Waals surface area (Å²) in [6.45, 7) is 0.473. The van der Waals surface area contributed by atoms with E-state index < -0.39 is 17.1 Å². The van der Waals surface area contributed by atoms with E-state index in [-0.39, 0.29) is 19.0 Å². The fourth-order valence-electron chi connectivity index (χ4n) is 2.69. The lowest BCUT2D eigenvalue weighted by molar-refractivity contribution is -0.121. The number of hydrogen-bond acceptors (Lipinski definition) is 5. The van der Waals surface area contributed by atoms with Crippen molar-refractivity contribution in [1.82, 2.24) is 14.5 Å². The number of aromatic nitrogens is 2. The second-order valence-electron chi connectivity index (χ2n) is 5.86. The number of benzene rings is 1. The van der Waals surface area contributed by atoms with Crippen molar-refractivity contribution in [3.05, 3.63) is 67.9 Å². The quantitative estimate of drug-likeness (QED) is 0.613. The molecule has 0 fully saturated rings. The van der Waals surface area contributed by atoms with Gasteiger partial charge in [0.1, 0.15) is 17.1 Å². The number of hydrogen-bond donors (Lipinski definition) is 1. The molecule has 0 saturated heterocycles. The first kappa shape index (κ1) is 19.0. The summed E-state index contributed by atoms with van der Waals surface area (Å²) in [7, 11) is 1.52. The third-order valence-corrected chi connectivity index (χ3v) is 4.91. The van der Waals surface area contributed by atoms with E-state index in [9.17, 15) is 18.8 Å². The molecule has 0 aliphatic rings. The Balaban J connectivity index is 1.99. The third-order valence-electron chi connectivity index (χ3n) is 4.02. The highest BCUT2D eigenvalue weighted by molar-refractivity contribution is 7.17. The van der Waals surface area contributed by atoms with Crippen LogP contribution < -0.4 is 16.6 Å². The van der Waals surface area contributed by atoms with E-state index in [1.165, 1.54) is 47.3 Å². The number of ether oxygens (including phenoxy) is 1. The summed E-state index contributed by atoms with van der Waals surface area (Å²) >= 11 is 1.21. The monoisotopic (exact) mass is 391 g/mol. The van der Waals surface area contributed by atoms with Crippen molar-refractivity contribution in [2.45, 2.75) is 13.1 Å². The number of carbonyl (C=O) groups is 1. The average molecular weight is 391 g/mol. The van der Waals surface area contributed by atoms with E-state index in [1.807, 2.05) is 0 Å². The Bertz CT molecular complexity index is 1070. The summed E-state index contributed by atoms with van der Waals surface area (Å²) < 4.78 is 20.7. The minimum atomic E-state index is -0.586. The highest BCUT2D eigenvalue weighted by Gasteiger charge is 2.16. The van der Waals surface area contributed by atoms with Crippen LogP contribution >= 0.6 is 11.3 Å². The molecule has 9 heteroatoms. The summed E-state index contributed by atoms with van der Waals surface area (Å²) in [6, 6.07) is 7.22. The van der Waals surface area contributed by atoms with Gasteiger partial charge in [0, 0.05) is 13.7 Å². The number of amides is 1. The van der Waals surface area contributed by atoms with E-state index in [0.717, 1.165) is 4.57 Å². The van der Waals surface area contributed by atoms with Gasteiger partial charge in [0.25, 0.3) is 5.56 Å². The maximum Gasteiger partial charge on any atom is 0.332 e. The molecule has 0 bridgehead atoms. The Kier molecular flexibility index (Phi) is 5.82. The van der Waals surface area contributed by atoms with Crippen LogP contribution in [0, 0.1) is 5.82 Å². The van der Waals surface area contributed by atoms with E-state index in [0.29, 0.717) is 28.9 Å². The summed E-state index contributed by atoms with van der Waals surface area (Å²) in [5.41, 5.74) is 0.0253. The van der Waals surface area contributed by atoms with Gasteiger partial charge in [-0.05, 0) is 29.1 Å². The Morgan fingerprint density at radius 1 is 1.19 bits per heavy atom. The van der Waals surface area contributed by atoms with Crippen LogP contribution in [0.15, 0.2) is 45.3 Å². The fraction of sp³-hybridized carbons (Fsp3) is 0.278. The lowest BCUT2D eigenvalue weighted by Crippen LogP contribution is -2.42. The maximum absolute atomic E-state index is 13.1. The predicted octanol–water partition coefficient (Wildman–Crippen LogP) is 1.17. The molecule has 1 N–H and O–H groups in total. The summed E-state index contributed by atoms with van der Waals surface area (Å²) in [4.78, 5) is 37.7. The summed E-state index contributed by atoms with van der Waals surface area (Å²) in [5, 5.41) is 4.36. The number of methoxy groups -OCH3 is 1. The minimum absolute atomic E-state index is 0.00290. The molecule has 142 valence electrons. The van der Waals surface area contributed by atoms with Crippen LogP contribution in [0.5, 0.6) is 0 Å². The van der Waals surface area contributed by atoms with Crippen LogP contribution in [-0.2, 0) is 22.6 Å². The number of nitrogens with one attached hydrogen (secondary N) is 1. The molecule has 0 saturated carbocycles. The molecule has 1 amide bonds. The van der Waals surface area contributed by atoms with Gasteiger partial charge in [0.15, 0.2) is 0 Å². The Hall–Kier alpha value is -2.78. The van der Waals surface area contributed by atoms with Crippen molar-refractivity contribution in [1.29, 1.82) is 0 Å². The minimum Gasteiger partial charge on any atom is -0.383 e. The van der Waals surface area contributed by atoms with E-state index in [1.54, 1.807) is 11.4 Å². The van der Waals surface area contributed by atoms with Crippen molar-refractivity contribution in [3.8, 4) is 0 Å². The molecule has 0 aliphatic carbocycles. The van der Waals surface area contributed by atoms with Gasteiger partial charge < -0.3 is 10.1 Å². The van der Waals surface area contributed by atoms with Gasteiger partial charge in [-0.1, -0.05) is 12.1 Å². The zero-order valence-electron chi connectivity index (χ0n) is 14.6. The van der Waals surface area contributed by atoms with Crippen molar-refractivity contribution < 1.29 is 13.9 Å². The molecule has 2 aromatic heterocycles. The zero-order chi connectivity index (χ0) is 19.4. The number of carbonyl (C=O) groups excluding carboxylic acids is 1. The van der Waals surface area contributed by atoms with Crippen LogP contribution in [0.25, 0.3) is 10.2 Å². The molecule has 0 atom stereocenters. The van der Waals surface area contributed by atoms with Gasteiger partial charge >= 0.3 is 5.69 Å². The fourth-order valence-corrected chi connectivity index (χ4v) is 3.53. The first-order valence-corrected chi connectivity index (χ1v) is 9.10. The number of rotatable bonds is 7. The molecule has 27 heavy (non-hydrogen) atoms. The molecule has 1 aromatic carbocycles. The van der Waals surface area contributed by atoms with E-state index in [4.69, 9.17) is 4.74 Å². The summed E-state index contributed by atoms with van der Waals surface area (Å²) in [5.74, 6) is -0.751. The average Bonchev–Trinajstić information content (AvgIpc) is 3.14. The van der Waals surface area contributed by atoms with E-state index >= 15 is 0 Å². The largest absolute Gasteiger partial charge is 0.383 e. The van der Waals surface area contributed by atoms with Crippen LogP contribution in [-0.4, -0.2) is 35.3 Å². The molecule has 0 aliphatic heterocycles. The van der Waals surface area contributed by atoms with Gasteiger partial charge in [0.05, 0.1) is 18.7 Å². The van der Waals surface area contributed by atoms with Crippen molar-refractivity contribution >= 4 is 27.5 Å². The Morgan fingerprint density at radius 3 is 2.63 bits per heavy atom. The van der Waals surface area contributed by atoms with Crippen molar-refractivity contribution in [2.75, 3.05) is 20.3 Å². The van der Waals surface area contributed by atoms with Crippen LogP contribution in [0.1, 0.15) is 5.56 Å². The second-order valence-corrected chi connectivity index (χ2v) is 6.78. The molecule has 0 unspecified atom stereocenters. The van der Waals surface area contributed by atoms with Crippen molar-refractivity contribution in [3.63, 3.8) is 0 Å². The van der Waals surface area contributed by atoms with Gasteiger partial charge in [-0.3, -0.25) is 18.7 Å². The molecule has 0 spiro atoms. The molecule has 2 heterocycles. The number of halogens is 1. The van der Waals surface area contributed by atoms with Crippen molar-refractivity contribution in [2.24, 2.45) is 0 Å². The molecule has 3 aromatic rings. The van der Waals surface area contributed by atoms with Crippen LogP contribution in [0.3, 0.4) is 0 Å². The van der Waals surface area contributed by atoms with Gasteiger partial charge in [-0.25, -0.2) is 9.18 Å². The first-order valence-electron chi connectivity index (χ1n) is 8.22. The van der Waals surface area contributed by atoms with Crippen LogP contribution in [0.4, 0.5) is 4.39 Å². The number of thiophene rings is 1. The second kappa shape index (κ2) is 8.28. The third kappa shape index (κ3) is 4.15. The summed E-state index contributed by atoms with van der Waals surface area (Å²) in [6.07, 6.45) is 0. The zero-order valence-corrected chi connectivity index (χ0v) is 15.4. The van der Waals surface area contributed by atoms with Crippen LogP contribution in [0.2, 0.25) is 0 Å². The lowest BCUT2D eigenvalue weighted by atomic mass is 10.2. The SMILES string of the molecule is COCCNC(=O)Cn1c(=O)n(Cc2ccc(F)cc2)c(=O)c2sccc21. The standard InChI is InChI=1S/C18H18FN3O4S/c1-26-8-7-20-15(23)11-21-14-6-9-27-16(14)17(24)22(18(21)25)10-12-2-4-13(19)5-3-12/h2-6,9H,7-8,10-11H2,1H3,(H,20,23). The molecule has 3 rings (SSSR count). The highest BCUT2D eigenvalue weighted by atomic mass is 32.1. The predicted molar refractivity (Wildman–Crippen MR) is 101 cm³/mol. The number of fused-ring (bicyclic) bond motifs is 1. The molecule has 7 nitrogen and oxygen atoms in total. The highest BCUT2D eigenvalue weighted by Crippen LogP contribution is 2.15. The topological polar surface area (TPSA) is 82.3 Å². The van der Waals surface area contributed by atoms with Gasteiger partial charge in [-0.2, -0.15) is 0 Å². The Morgan fingerprint density at radius 2 is 1.93 bits per heavy atom. The molecular weight excluding hydrogens is 373 g/mol. The van der Waals surface area contributed by atoms with Gasteiger partial charge in [-0.15, -0.1) is 11.3 Å². The smallest absolute Gasteiger partial charge is 0.332 e. The van der Waals surface area contributed by atoms with E-state index in [2.05, 4.69) is 5.32 Å². The number of nitrogens with zero attached hydrogens (tertiary/aromatic N) is 2. The molecular formula is C18H18FN3O4S. The first-order chi connectivity index (χ1) is 13.0. The lowest BCUT2D eigenvalue weighted by Gasteiger charge is -2.12. The Labute approximate surface area is 157 Å². The van der Waals surface area contributed by atoms with Gasteiger partial charge in [0.2, 0.25) is 5.91 Å².